The molecule has 114 valence electrons. The fourth-order valence-electron chi connectivity index (χ4n) is 2.15. The second kappa shape index (κ2) is 6.48. The Morgan fingerprint density at radius 3 is 1.85 bits per heavy atom. The van der Waals surface area contributed by atoms with Crippen molar-refractivity contribution in [3.8, 4) is 5.75 Å². The van der Waals surface area contributed by atoms with Crippen LogP contribution in [0.3, 0.4) is 0 Å². The van der Waals surface area contributed by atoms with E-state index in [1.54, 1.807) is 0 Å². The van der Waals surface area contributed by atoms with Crippen molar-refractivity contribution < 1.29 is 4.52 Å². The van der Waals surface area contributed by atoms with Crippen LogP contribution < -0.4 is 4.52 Å². The molecule has 0 atom stereocenters. The quantitative estimate of drug-likeness (QED) is 0.610. The van der Waals surface area contributed by atoms with Crippen LogP contribution in [0, 0.1) is 0 Å². The van der Waals surface area contributed by atoms with E-state index in [2.05, 4.69) is 73.6 Å². The molecule has 1 aromatic rings. The summed E-state index contributed by atoms with van der Waals surface area (Å²) in [7, 11) is -0.334. The summed E-state index contributed by atoms with van der Waals surface area (Å²) in [5, 5.41) is 0. The topological polar surface area (TPSA) is 9.23 Å². The van der Waals surface area contributed by atoms with Gasteiger partial charge in [-0.2, -0.15) is 0 Å². The molecule has 0 spiro atoms. The summed E-state index contributed by atoms with van der Waals surface area (Å²) in [5.41, 5.74) is 3.00. The molecule has 1 aromatic carbocycles. The molecule has 0 aliphatic rings. The highest BCUT2D eigenvalue weighted by atomic mass is 31.1. The van der Waals surface area contributed by atoms with Gasteiger partial charge in [0.2, 0.25) is 0 Å². The summed E-state index contributed by atoms with van der Waals surface area (Å²) in [6.07, 6.45) is 2.24. The van der Waals surface area contributed by atoms with Gasteiger partial charge in [0.15, 0.2) is 0 Å². The first-order valence-electron chi connectivity index (χ1n) is 7.67. The van der Waals surface area contributed by atoms with Crippen molar-refractivity contribution in [2.75, 3.05) is 12.3 Å². The first kappa shape index (κ1) is 17.5. The van der Waals surface area contributed by atoms with Crippen molar-refractivity contribution in [3.63, 3.8) is 0 Å². The number of hydrogen-bond donors (Lipinski definition) is 0. The zero-order valence-corrected chi connectivity index (χ0v) is 15.4. The molecule has 0 aromatic heterocycles. The first-order chi connectivity index (χ1) is 9.09. The highest BCUT2D eigenvalue weighted by molar-refractivity contribution is 7.52. The van der Waals surface area contributed by atoms with Crippen LogP contribution in [0.2, 0.25) is 0 Å². The standard InChI is InChI=1S/C18H31OP/c1-9-20(10-2)19-16-12-11-14(17(3,4)5)13-15(16)18(6,7)8/h11-13H,9-10H2,1-8H3. The van der Waals surface area contributed by atoms with Gasteiger partial charge in [-0.05, 0) is 22.5 Å². The molecule has 0 aliphatic heterocycles. The van der Waals surface area contributed by atoms with Gasteiger partial charge < -0.3 is 4.52 Å². The molecule has 1 rings (SSSR count). The third-order valence-electron chi connectivity index (χ3n) is 3.59. The predicted molar refractivity (Wildman–Crippen MR) is 92.5 cm³/mol. The number of rotatable bonds is 4. The van der Waals surface area contributed by atoms with E-state index in [1.807, 2.05) is 0 Å². The van der Waals surface area contributed by atoms with E-state index >= 15 is 0 Å². The maximum absolute atomic E-state index is 6.30. The minimum Gasteiger partial charge on any atom is -0.474 e. The average molecular weight is 294 g/mol. The van der Waals surface area contributed by atoms with Gasteiger partial charge in [0, 0.05) is 17.9 Å². The lowest BCUT2D eigenvalue weighted by molar-refractivity contribution is 0.527. The molecule has 20 heavy (non-hydrogen) atoms. The Morgan fingerprint density at radius 1 is 0.900 bits per heavy atom. The fourth-order valence-corrected chi connectivity index (χ4v) is 3.30. The van der Waals surface area contributed by atoms with E-state index in [-0.39, 0.29) is 19.0 Å². The van der Waals surface area contributed by atoms with Crippen LogP contribution in [0.5, 0.6) is 5.75 Å². The summed E-state index contributed by atoms with van der Waals surface area (Å²) in [4.78, 5) is 0. The van der Waals surface area contributed by atoms with E-state index in [1.165, 1.54) is 11.1 Å². The molecule has 0 radical (unpaired) electrons. The van der Waals surface area contributed by atoms with Gasteiger partial charge in [0.05, 0.1) is 8.15 Å². The van der Waals surface area contributed by atoms with E-state index < -0.39 is 0 Å². The SMILES string of the molecule is CCP(CC)Oc1ccc(C(C)(C)C)cc1C(C)(C)C. The Balaban J connectivity index is 3.24. The van der Waals surface area contributed by atoms with Gasteiger partial charge in [-0.3, -0.25) is 0 Å². The molecule has 0 saturated carbocycles. The molecule has 0 aliphatic carbocycles. The Kier molecular flexibility index (Phi) is 5.67. The van der Waals surface area contributed by atoms with Crippen LogP contribution >= 0.6 is 8.15 Å². The van der Waals surface area contributed by atoms with E-state index in [4.69, 9.17) is 4.52 Å². The molecule has 0 fully saturated rings. The van der Waals surface area contributed by atoms with Crippen molar-refractivity contribution in [3.05, 3.63) is 29.3 Å². The van der Waals surface area contributed by atoms with Crippen molar-refractivity contribution in [2.45, 2.75) is 66.2 Å². The van der Waals surface area contributed by atoms with Crippen LogP contribution in [-0.2, 0) is 10.8 Å². The minimum absolute atomic E-state index is 0.110. The van der Waals surface area contributed by atoms with Crippen molar-refractivity contribution in [1.29, 1.82) is 0 Å². The van der Waals surface area contributed by atoms with E-state index in [0.717, 1.165) is 18.1 Å². The van der Waals surface area contributed by atoms with Crippen LogP contribution in [0.15, 0.2) is 18.2 Å². The van der Waals surface area contributed by atoms with Crippen LogP contribution in [0.25, 0.3) is 0 Å². The summed E-state index contributed by atoms with van der Waals surface area (Å²) in [6, 6.07) is 6.75. The third kappa shape index (κ3) is 4.48. The second-order valence-electron chi connectivity index (χ2n) is 7.42. The fraction of sp³-hybridized carbons (Fsp3) is 0.667. The van der Waals surface area contributed by atoms with Crippen molar-refractivity contribution >= 4 is 8.15 Å². The Bertz CT molecular complexity index is 434. The van der Waals surface area contributed by atoms with Crippen LogP contribution in [0.1, 0.15) is 66.5 Å². The van der Waals surface area contributed by atoms with Crippen LogP contribution in [0.4, 0.5) is 0 Å². The summed E-state index contributed by atoms with van der Waals surface area (Å²) < 4.78 is 6.30. The smallest absolute Gasteiger partial charge is 0.127 e. The Morgan fingerprint density at radius 2 is 1.45 bits per heavy atom. The highest BCUT2D eigenvalue weighted by Gasteiger charge is 2.24. The van der Waals surface area contributed by atoms with Gasteiger partial charge in [-0.15, -0.1) is 0 Å². The molecule has 2 heteroatoms. The molecule has 0 heterocycles. The number of hydrogen-bond acceptors (Lipinski definition) is 1. The molecular formula is C18H31OP. The van der Waals surface area contributed by atoms with E-state index in [9.17, 15) is 0 Å². The third-order valence-corrected chi connectivity index (χ3v) is 5.45. The monoisotopic (exact) mass is 294 g/mol. The van der Waals surface area contributed by atoms with Crippen molar-refractivity contribution in [1.82, 2.24) is 0 Å². The van der Waals surface area contributed by atoms with Gasteiger partial charge >= 0.3 is 0 Å². The second-order valence-corrected chi connectivity index (χ2v) is 9.83. The zero-order valence-electron chi connectivity index (χ0n) is 14.5. The predicted octanol–water partition coefficient (Wildman–Crippen LogP) is 6.10. The van der Waals surface area contributed by atoms with Gasteiger partial charge in [-0.1, -0.05) is 67.5 Å². The molecular weight excluding hydrogens is 263 g/mol. The largest absolute Gasteiger partial charge is 0.474 e. The van der Waals surface area contributed by atoms with Crippen LogP contribution in [-0.4, -0.2) is 12.3 Å². The van der Waals surface area contributed by atoms with Crippen molar-refractivity contribution in [2.24, 2.45) is 0 Å². The lowest BCUT2D eigenvalue weighted by atomic mass is 9.80. The molecule has 0 bridgehead atoms. The van der Waals surface area contributed by atoms with Gasteiger partial charge in [-0.25, -0.2) is 0 Å². The molecule has 0 saturated heterocycles. The molecule has 1 nitrogen and oxygen atoms in total. The summed E-state index contributed by atoms with van der Waals surface area (Å²) >= 11 is 0. The molecule has 0 N–H and O–H groups in total. The summed E-state index contributed by atoms with van der Waals surface area (Å²) in [6.45, 7) is 18.0. The lowest BCUT2D eigenvalue weighted by Gasteiger charge is -2.28. The highest BCUT2D eigenvalue weighted by Crippen LogP contribution is 2.43. The number of benzene rings is 1. The lowest BCUT2D eigenvalue weighted by Crippen LogP contribution is -2.17. The average Bonchev–Trinajstić information content (AvgIpc) is 2.33. The Labute approximate surface area is 127 Å². The molecule has 0 unspecified atom stereocenters. The van der Waals surface area contributed by atoms with Gasteiger partial charge in [0.1, 0.15) is 5.75 Å². The normalized spacial score (nSPS) is 12.8. The zero-order chi connectivity index (χ0) is 15.6. The maximum Gasteiger partial charge on any atom is 0.127 e. The maximum atomic E-state index is 6.30. The molecule has 0 amide bonds. The Hall–Kier alpha value is -0.550. The van der Waals surface area contributed by atoms with Gasteiger partial charge in [0.25, 0.3) is 0 Å². The first-order valence-corrected chi connectivity index (χ1v) is 9.30. The summed E-state index contributed by atoms with van der Waals surface area (Å²) in [5.74, 6) is 1.08. The van der Waals surface area contributed by atoms with E-state index in [0.29, 0.717) is 0 Å². The minimum atomic E-state index is -0.334.